The highest BCUT2D eigenvalue weighted by molar-refractivity contribution is 9.10. The summed E-state index contributed by atoms with van der Waals surface area (Å²) in [5.41, 5.74) is 8.35. The van der Waals surface area contributed by atoms with E-state index in [2.05, 4.69) is 51.4 Å². The van der Waals surface area contributed by atoms with Crippen molar-refractivity contribution in [3.05, 3.63) is 39.3 Å². The molecule has 1 aromatic heterocycles. The lowest BCUT2D eigenvalue weighted by Gasteiger charge is -2.10. The molecule has 0 saturated heterocycles. The summed E-state index contributed by atoms with van der Waals surface area (Å²) in [6.07, 6.45) is 1.93. The lowest BCUT2D eigenvalue weighted by molar-refractivity contribution is 0.646. The summed E-state index contributed by atoms with van der Waals surface area (Å²) in [7, 11) is 0. The first kappa shape index (κ1) is 15.0. The predicted molar refractivity (Wildman–Crippen MR) is 87.1 cm³/mol. The molecule has 2 nitrogen and oxygen atoms in total. The van der Waals surface area contributed by atoms with Crippen LogP contribution in [-0.2, 0) is 6.42 Å². The van der Waals surface area contributed by atoms with Crippen LogP contribution in [0.3, 0.4) is 0 Å². The minimum Gasteiger partial charge on any atom is -0.327 e. The van der Waals surface area contributed by atoms with E-state index in [0.717, 1.165) is 27.3 Å². The zero-order valence-electron chi connectivity index (χ0n) is 11.0. The van der Waals surface area contributed by atoms with E-state index in [4.69, 9.17) is 5.73 Å². The van der Waals surface area contributed by atoms with Crippen molar-refractivity contribution in [2.75, 3.05) is 0 Å². The van der Waals surface area contributed by atoms with Crippen molar-refractivity contribution in [3.8, 4) is 0 Å². The largest absolute Gasteiger partial charge is 0.327 e. The summed E-state index contributed by atoms with van der Waals surface area (Å²) >= 11 is 7.02. The first-order valence-corrected chi connectivity index (χ1v) is 8.71. The zero-order chi connectivity index (χ0) is 13.8. The summed E-state index contributed by atoms with van der Waals surface area (Å²) in [6, 6.07) is 6.71. The molecule has 0 amide bonds. The highest BCUT2D eigenvalue weighted by Gasteiger charge is 2.08. The van der Waals surface area contributed by atoms with E-state index in [1.54, 1.807) is 23.1 Å². The fraction of sp³-hybridized carbons (Fsp3) is 0.357. The molecular formula is C14H17BrN2S2. The van der Waals surface area contributed by atoms with E-state index in [-0.39, 0.29) is 6.04 Å². The van der Waals surface area contributed by atoms with Crippen molar-refractivity contribution in [3.63, 3.8) is 0 Å². The summed E-state index contributed by atoms with van der Waals surface area (Å²) < 4.78 is 2.20. The number of rotatable bonds is 5. The summed E-state index contributed by atoms with van der Waals surface area (Å²) in [4.78, 5) is 5.67. The second-order valence-electron chi connectivity index (χ2n) is 4.49. The molecule has 0 saturated carbocycles. The molecule has 1 heterocycles. The van der Waals surface area contributed by atoms with Crippen LogP contribution < -0.4 is 5.73 Å². The fourth-order valence-electron chi connectivity index (χ4n) is 1.67. The van der Waals surface area contributed by atoms with Crippen LogP contribution in [0.4, 0.5) is 0 Å². The van der Waals surface area contributed by atoms with Crippen molar-refractivity contribution in [1.82, 2.24) is 4.98 Å². The molecule has 1 aromatic carbocycles. The average molecular weight is 357 g/mol. The molecule has 0 spiro atoms. The quantitative estimate of drug-likeness (QED) is 0.847. The standard InChI is InChI=1S/C14H17BrN2S2/c1-3-11(16)6-10-4-5-13(12(15)7-10)19-14-17-9(2)8-18-14/h4-5,7-8,11H,3,6,16H2,1-2H3. The van der Waals surface area contributed by atoms with Gasteiger partial charge in [-0.1, -0.05) is 24.8 Å². The van der Waals surface area contributed by atoms with Gasteiger partial charge < -0.3 is 5.73 Å². The van der Waals surface area contributed by atoms with Gasteiger partial charge in [-0.05, 0) is 53.4 Å². The summed E-state index contributed by atoms with van der Waals surface area (Å²) in [6.45, 7) is 4.14. The molecular weight excluding hydrogens is 340 g/mol. The van der Waals surface area contributed by atoms with E-state index in [1.807, 2.05) is 6.92 Å². The Kier molecular flexibility index (Phi) is 5.45. The lowest BCUT2D eigenvalue weighted by atomic mass is 10.1. The number of aromatic nitrogens is 1. The third-order valence-electron chi connectivity index (χ3n) is 2.81. The van der Waals surface area contributed by atoms with E-state index >= 15 is 0 Å². The minimum absolute atomic E-state index is 0.243. The van der Waals surface area contributed by atoms with Gasteiger partial charge in [0.15, 0.2) is 4.34 Å². The van der Waals surface area contributed by atoms with Crippen LogP contribution in [0.2, 0.25) is 0 Å². The fourth-order valence-corrected chi connectivity index (χ4v) is 4.14. The van der Waals surface area contributed by atoms with Crippen LogP contribution in [-0.4, -0.2) is 11.0 Å². The van der Waals surface area contributed by atoms with Gasteiger partial charge in [0.05, 0.1) is 0 Å². The van der Waals surface area contributed by atoms with Gasteiger partial charge in [-0.15, -0.1) is 11.3 Å². The molecule has 0 aliphatic carbocycles. The Labute approximate surface area is 131 Å². The summed E-state index contributed by atoms with van der Waals surface area (Å²) in [5, 5.41) is 2.07. The third kappa shape index (κ3) is 4.31. The van der Waals surface area contributed by atoms with E-state index < -0.39 is 0 Å². The van der Waals surface area contributed by atoms with Gasteiger partial charge in [-0.25, -0.2) is 4.98 Å². The normalized spacial score (nSPS) is 12.6. The molecule has 1 unspecified atom stereocenters. The van der Waals surface area contributed by atoms with Gasteiger partial charge in [-0.2, -0.15) is 0 Å². The zero-order valence-corrected chi connectivity index (χ0v) is 14.2. The second kappa shape index (κ2) is 6.88. The topological polar surface area (TPSA) is 38.9 Å². The van der Waals surface area contributed by atoms with Crippen molar-refractivity contribution in [2.24, 2.45) is 5.73 Å². The van der Waals surface area contributed by atoms with Gasteiger partial charge in [0.25, 0.3) is 0 Å². The highest BCUT2D eigenvalue weighted by Crippen LogP contribution is 2.35. The van der Waals surface area contributed by atoms with Gasteiger partial charge in [0.1, 0.15) is 0 Å². The number of nitrogens with zero attached hydrogens (tertiary/aromatic N) is 1. The molecule has 19 heavy (non-hydrogen) atoms. The molecule has 2 rings (SSSR count). The number of hydrogen-bond donors (Lipinski definition) is 1. The maximum Gasteiger partial charge on any atom is 0.154 e. The Balaban J connectivity index is 2.10. The molecule has 0 bridgehead atoms. The Morgan fingerprint density at radius 3 is 2.84 bits per heavy atom. The molecule has 0 aliphatic rings. The monoisotopic (exact) mass is 356 g/mol. The molecule has 0 aliphatic heterocycles. The van der Waals surface area contributed by atoms with E-state index in [1.165, 1.54) is 10.5 Å². The maximum atomic E-state index is 5.99. The van der Waals surface area contributed by atoms with Crippen LogP contribution in [0.5, 0.6) is 0 Å². The minimum atomic E-state index is 0.243. The van der Waals surface area contributed by atoms with Crippen LogP contribution >= 0.6 is 39.0 Å². The van der Waals surface area contributed by atoms with Gasteiger partial charge >= 0.3 is 0 Å². The Bertz CT molecular complexity index is 554. The van der Waals surface area contributed by atoms with Gasteiger partial charge in [0.2, 0.25) is 0 Å². The Hall–Kier alpha value is -0.360. The number of nitrogens with two attached hydrogens (primary N) is 1. The van der Waals surface area contributed by atoms with Crippen molar-refractivity contribution in [1.29, 1.82) is 0 Å². The van der Waals surface area contributed by atoms with Gasteiger partial charge in [-0.3, -0.25) is 0 Å². The highest BCUT2D eigenvalue weighted by atomic mass is 79.9. The van der Waals surface area contributed by atoms with Crippen LogP contribution in [0.1, 0.15) is 24.6 Å². The molecule has 2 N–H and O–H groups in total. The molecule has 2 aromatic rings. The number of benzene rings is 1. The first-order valence-electron chi connectivity index (χ1n) is 6.22. The van der Waals surface area contributed by atoms with Gasteiger partial charge in [0, 0.05) is 26.5 Å². The van der Waals surface area contributed by atoms with Crippen LogP contribution in [0.15, 0.2) is 37.3 Å². The molecule has 5 heteroatoms. The van der Waals surface area contributed by atoms with Crippen molar-refractivity contribution in [2.45, 2.75) is 42.0 Å². The average Bonchev–Trinajstić information content (AvgIpc) is 2.78. The summed E-state index contributed by atoms with van der Waals surface area (Å²) in [5.74, 6) is 0. The Morgan fingerprint density at radius 1 is 1.47 bits per heavy atom. The smallest absolute Gasteiger partial charge is 0.154 e. The molecule has 102 valence electrons. The van der Waals surface area contributed by atoms with Crippen LogP contribution in [0, 0.1) is 6.92 Å². The van der Waals surface area contributed by atoms with Crippen LogP contribution in [0.25, 0.3) is 0 Å². The SMILES string of the molecule is CCC(N)Cc1ccc(Sc2nc(C)cs2)c(Br)c1. The Morgan fingerprint density at radius 2 is 2.26 bits per heavy atom. The number of thiazole rings is 1. The molecule has 1 atom stereocenters. The number of halogens is 1. The first-order chi connectivity index (χ1) is 9.08. The second-order valence-corrected chi connectivity index (χ2v) is 7.50. The van der Waals surface area contributed by atoms with Crippen molar-refractivity contribution < 1.29 is 0 Å². The number of hydrogen-bond acceptors (Lipinski definition) is 4. The van der Waals surface area contributed by atoms with E-state index in [0.29, 0.717) is 0 Å². The van der Waals surface area contributed by atoms with E-state index in [9.17, 15) is 0 Å². The molecule has 0 radical (unpaired) electrons. The number of aryl methyl sites for hydroxylation is 1. The molecule has 0 fully saturated rings. The maximum absolute atomic E-state index is 5.99. The van der Waals surface area contributed by atoms with Crippen molar-refractivity contribution >= 4 is 39.0 Å². The predicted octanol–water partition coefficient (Wildman–Crippen LogP) is 4.65. The lowest BCUT2D eigenvalue weighted by Crippen LogP contribution is -2.21. The third-order valence-corrected chi connectivity index (χ3v) is 5.86.